The number of amides is 1. The Labute approximate surface area is 170 Å². The molecule has 0 spiro atoms. The van der Waals surface area contributed by atoms with Crippen molar-refractivity contribution in [2.45, 2.75) is 19.1 Å². The van der Waals surface area contributed by atoms with Gasteiger partial charge < -0.3 is 14.5 Å². The first-order chi connectivity index (χ1) is 13.9. The molecule has 10 heteroatoms. The highest BCUT2D eigenvalue weighted by Gasteiger charge is 2.16. The van der Waals surface area contributed by atoms with E-state index in [1.54, 1.807) is 0 Å². The van der Waals surface area contributed by atoms with Crippen molar-refractivity contribution >= 4 is 29.0 Å². The molecule has 9 nitrogen and oxygen atoms in total. The monoisotopic (exact) mass is 414 g/mol. The van der Waals surface area contributed by atoms with Gasteiger partial charge in [-0.25, -0.2) is 0 Å². The molecule has 0 aliphatic heterocycles. The molecular weight excluding hydrogens is 396 g/mol. The van der Waals surface area contributed by atoms with E-state index in [0.29, 0.717) is 11.6 Å². The number of nitrogens with zero attached hydrogens (tertiary/aromatic N) is 3. The van der Waals surface area contributed by atoms with Gasteiger partial charge in [0, 0.05) is 17.7 Å². The number of nitro benzene ring substituents is 1. The van der Waals surface area contributed by atoms with Crippen LogP contribution in [0.5, 0.6) is 5.75 Å². The van der Waals surface area contributed by atoms with Crippen LogP contribution in [0, 0.1) is 24.0 Å². The Bertz CT molecular complexity index is 1050. The third-order valence-electron chi connectivity index (χ3n) is 3.87. The van der Waals surface area contributed by atoms with Gasteiger partial charge in [-0.2, -0.15) is 0 Å². The zero-order valence-electron chi connectivity index (χ0n) is 16.0. The number of non-ortho nitro benzene ring substituents is 1. The molecule has 2 aromatic carbocycles. The second kappa shape index (κ2) is 8.74. The Morgan fingerprint density at radius 1 is 1.21 bits per heavy atom. The molecule has 0 radical (unpaired) electrons. The first kappa shape index (κ1) is 20.3. The van der Waals surface area contributed by atoms with E-state index in [0.717, 1.165) is 28.5 Å². The van der Waals surface area contributed by atoms with Gasteiger partial charge in [0.15, 0.2) is 0 Å². The zero-order valence-corrected chi connectivity index (χ0v) is 16.8. The molecule has 0 bridgehead atoms. The summed E-state index contributed by atoms with van der Waals surface area (Å²) in [5.41, 5.74) is 3.04. The zero-order chi connectivity index (χ0) is 21.0. The number of carbonyl (C=O) groups excluding carboxylic acids is 1. The number of methoxy groups -OCH3 is 1. The quantitative estimate of drug-likeness (QED) is 0.350. The highest BCUT2D eigenvalue weighted by atomic mass is 32.2. The number of thioether (sulfide) groups is 1. The number of aromatic nitrogens is 2. The van der Waals surface area contributed by atoms with Crippen molar-refractivity contribution in [2.75, 3.05) is 18.2 Å². The minimum absolute atomic E-state index is 0.0136. The summed E-state index contributed by atoms with van der Waals surface area (Å²) in [5.74, 6) is 0.296. The van der Waals surface area contributed by atoms with Crippen LogP contribution in [0.1, 0.15) is 11.1 Å². The average Bonchev–Trinajstić information content (AvgIpc) is 3.14. The van der Waals surface area contributed by atoms with Gasteiger partial charge >= 0.3 is 0 Å². The predicted octanol–water partition coefficient (Wildman–Crippen LogP) is 4.00. The van der Waals surface area contributed by atoms with Crippen LogP contribution in [0.4, 0.5) is 11.4 Å². The highest BCUT2D eigenvalue weighted by Crippen LogP contribution is 2.29. The topological polar surface area (TPSA) is 120 Å². The van der Waals surface area contributed by atoms with E-state index in [1.807, 2.05) is 32.0 Å². The molecule has 0 saturated carbocycles. The molecule has 0 aliphatic rings. The summed E-state index contributed by atoms with van der Waals surface area (Å²) < 4.78 is 10.8. The number of nitrogens with one attached hydrogen (secondary N) is 1. The molecule has 29 heavy (non-hydrogen) atoms. The maximum atomic E-state index is 12.3. The Hall–Kier alpha value is -3.40. The van der Waals surface area contributed by atoms with Crippen molar-refractivity contribution in [1.82, 2.24) is 10.2 Å². The summed E-state index contributed by atoms with van der Waals surface area (Å²) in [5, 5.41) is 21.8. The van der Waals surface area contributed by atoms with E-state index < -0.39 is 4.92 Å². The molecule has 1 aromatic heterocycles. The van der Waals surface area contributed by atoms with E-state index in [9.17, 15) is 14.9 Å². The molecule has 1 heterocycles. The van der Waals surface area contributed by atoms with Crippen molar-refractivity contribution < 1.29 is 18.9 Å². The molecule has 3 aromatic rings. The molecule has 150 valence electrons. The third-order valence-corrected chi connectivity index (χ3v) is 4.69. The van der Waals surface area contributed by atoms with E-state index in [-0.39, 0.29) is 28.3 Å². The second-order valence-electron chi connectivity index (χ2n) is 6.23. The van der Waals surface area contributed by atoms with Gasteiger partial charge in [0.05, 0.1) is 23.5 Å². The van der Waals surface area contributed by atoms with Gasteiger partial charge in [-0.15, -0.1) is 10.2 Å². The number of nitro groups is 1. The summed E-state index contributed by atoms with van der Waals surface area (Å²) in [6.45, 7) is 3.96. The van der Waals surface area contributed by atoms with Crippen LogP contribution in [-0.2, 0) is 4.79 Å². The number of hydrogen-bond donors (Lipinski definition) is 1. The fourth-order valence-electron chi connectivity index (χ4n) is 2.70. The maximum Gasteiger partial charge on any atom is 0.277 e. The summed E-state index contributed by atoms with van der Waals surface area (Å²) >= 11 is 1.07. The second-order valence-corrected chi connectivity index (χ2v) is 7.15. The Morgan fingerprint density at radius 3 is 2.59 bits per heavy atom. The predicted molar refractivity (Wildman–Crippen MR) is 108 cm³/mol. The van der Waals surface area contributed by atoms with Crippen LogP contribution in [0.2, 0.25) is 0 Å². The Kier molecular flexibility index (Phi) is 6.13. The Balaban J connectivity index is 1.65. The smallest absolute Gasteiger partial charge is 0.277 e. The molecule has 3 rings (SSSR count). The van der Waals surface area contributed by atoms with Gasteiger partial charge in [-0.05, 0) is 32.0 Å². The van der Waals surface area contributed by atoms with Crippen molar-refractivity contribution in [1.29, 1.82) is 0 Å². The van der Waals surface area contributed by atoms with Crippen molar-refractivity contribution in [3.8, 4) is 17.2 Å². The standard InChI is InChI=1S/C19H18N4O5S/c1-11-6-12(2)8-13(7-11)18-21-22-19(28-18)29-10-17(24)20-15-9-14(23(25)26)4-5-16(15)27-3/h4-9H,10H2,1-3H3,(H,20,24). The lowest BCUT2D eigenvalue weighted by Gasteiger charge is -2.09. The summed E-state index contributed by atoms with van der Waals surface area (Å²) in [4.78, 5) is 22.6. The lowest BCUT2D eigenvalue weighted by atomic mass is 10.1. The minimum atomic E-state index is -0.545. The number of benzene rings is 2. The fourth-order valence-corrected chi connectivity index (χ4v) is 3.27. The first-order valence-electron chi connectivity index (χ1n) is 8.53. The summed E-state index contributed by atoms with van der Waals surface area (Å²) in [7, 11) is 1.42. The molecule has 1 amide bonds. The molecule has 1 N–H and O–H groups in total. The molecule has 0 atom stereocenters. The van der Waals surface area contributed by atoms with Crippen LogP contribution in [-0.4, -0.2) is 33.9 Å². The first-order valence-corrected chi connectivity index (χ1v) is 9.51. The van der Waals surface area contributed by atoms with Crippen molar-refractivity contribution in [3.63, 3.8) is 0 Å². The molecular formula is C19H18N4O5S. The highest BCUT2D eigenvalue weighted by molar-refractivity contribution is 7.99. The average molecular weight is 414 g/mol. The molecule has 0 saturated heterocycles. The molecule has 0 aliphatic carbocycles. The van der Waals surface area contributed by atoms with Crippen LogP contribution < -0.4 is 10.1 Å². The normalized spacial score (nSPS) is 10.6. The fraction of sp³-hybridized carbons (Fsp3) is 0.211. The van der Waals surface area contributed by atoms with Crippen molar-refractivity contribution in [2.24, 2.45) is 0 Å². The van der Waals surface area contributed by atoms with Crippen molar-refractivity contribution in [3.05, 3.63) is 57.6 Å². The Morgan fingerprint density at radius 2 is 1.93 bits per heavy atom. The third kappa shape index (κ3) is 5.11. The number of hydrogen-bond acceptors (Lipinski definition) is 8. The van der Waals surface area contributed by atoms with Gasteiger partial charge in [-0.1, -0.05) is 29.0 Å². The van der Waals surface area contributed by atoms with Gasteiger partial charge in [0.2, 0.25) is 11.8 Å². The number of anilines is 1. The number of aryl methyl sites for hydroxylation is 2. The SMILES string of the molecule is COc1ccc([N+](=O)[O-])cc1NC(=O)CSc1nnc(-c2cc(C)cc(C)c2)o1. The summed E-state index contributed by atoms with van der Waals surface area (Å²) in [6.07, 6.45) is 0. The largest absolute Gasteiger partial charge is 0.495 e. The van der Waals surface area contributed by atoms with E-state index in [1.165, 1.54) is 25.3 Å². The van der Waals surface area contributed by atoms with Gasteiger partial charge in [0.1, 0.15) is 5.75 Å². The van der Waals surface area contributed by atoms with E-state index >= 15 is 0 Å². The lowest BCUT2D eigenvalue weighted by Crippen LogP contribution is -2.14. The number of rotatable bonds is 7. The van der Waals surface area contributed by atoms with E-state index in [4.69, 9.17) is 9.15 Å². The van der Waals surface area contributed by atoms with Gasteiger partial charge in [-0.3, -0.25) is 14.9 Å². The minimum Gasteiger partial charge on any atom is -0.495 e. The molecule has 0 unspecified atom stereocenters. The van der Waals surface area contributed by atoms with Crippen LogP contribution in [0.25, 0.3) is 11.5 Å². The summed E-state index contributed by atoms with van der Waals surface area (Å²) in [6, 6.07) is 9.89. The van der Waals surface area contributed by atoms with E-state index in [2.05, 4.69) is 15.5 Å². The molecule has 0 fully saturated rings. The number of carbonyl (C=O) groups is 1. The van der Waals surface area contributed by atoms with Crippen LogP contribution in [0.15, 0.2) is 46.0 Å². The van der Waals surface area contributed by atoms with Crippen LogP contribution in [0.3, 0.4) is 0 Å². The number of ether oxygens (including phenoxy) is 1. The lowest BCUT2D eigenvalue weighted by molar-refractivity contribution is -0.384. The van der Waals surface area contributed by atoms with Crippen LogP contribution >= 0.6 is 11.8 Å². The maximum absolute atomic E-state index is 12.3. The van der Waals surface area contributed by atoms with Gasteiger partial charge in [0.25, 0.3) is 10.9 Å².